The summed E-state index contributed by atoms with van der Waals surface area (Å²) >= 11 is 0. The van der Waals surface area contributed by atoms with Crippen LogP contribution in [0.4, 0.5) is 0 Å². The zero-order chi connectivity index (χ0) is 9.97. The molecule has 0 aliphatic carbocycles. The second kappa shape index (κ2) is 4.80. The number of rotatable bonds is 1. The summed E-state index contributed by atoms with van der Waals surface area (Å²) in [5.74, 6) is 0.274. The summed E-state index contributed by atoms with van der Waals surface area (Å²) in [5, 5.41) is 9.60. The maximum atomic E-state index is 9.60. The third-order valence-corrected chi connectivity index (χ3v) is 2.17. The number of hydrogen-bond donors (Lipinski definition) is 1. The molecule has 2 rings (SSSR count). The van der Waals surface area contributed by atoms with Crippen LogP contribution in [0.3, 0.4) is 0 Å². The molecular weight excluding hydrogens is 210 g/mol. The number of benzene rings is 1. The highest BCUT2D eigenvalue weighted by Crippen LogP contribution is 2.23. The van der Waals surface area contributed by atoms with Gasteiger partial charge in [-0.25, -0.2) is 4.98 Å². The van der Waals surface area contributed by atoms with Gasteiger partial charge in [-0.2, -0.15) is 0 Å². The molecule has 78 valence electrons. The van der Waals surface area contributed by atoms with E-state index < -0.39 is 0 Å². The Balaban J connectivity index is 0.00000112. The van der Waals surface area contributed by atoms with E-state index in [-0.39, 0.29) is 18.2 Å². The van der Waals surface area contributed by atoms with Crippen molar-refractivity contribution in [1.82, 2.24) is 0 Å². The van der Waals surface area contributed by atoms with Gasteiger partial charge in [0.05, 0.1) is 5.56 Å². The predicted octanol–water partition coefficient (Wildman–Crippen LogP) is -0.814. The minimum atomic E-state index is 0. The summed E-state index contributed by atoms with van der Waals surface area (Å²) in [6, 6.07) is 11.5. The number of hydrogen-bond acceptors (Lipinski definition) is 1. The molecule has 0 bridgehead atoms. The van der Waals surface area contributed by atoms with Gasteiger partial charge >= 0.3 is 0 Å². The highest BCUT2D eigenvalue weighted by Gasteiger charge is 2.09. The molecule has 0 unspecified atom stereocenters. The molecule has 0 spiro atoms. The maximum absolute atomic E-state index is 9.60. The van der Waals surface area contributed by atoms with Crippen molar-refractivity contribution in [2.24, 2.45) is 0 Å². The zero-order valence-electron chi connectivity index (χ0n) is 8.37. The van der Waals surface area contributed by atoms with Crippen molar-refractivity contribution in [2.75, 3.05) is 0 Å². The van der Waals surface area contributed by atoms with E-state index in [1.807, 2.05) is 31.2 Å². The van der Waals surface area contributed by atoms with Crippen LogP contribution in [-0.2, 0) is 0 Å². The fourth-order valence-corrected chi connectivity index (χ4v) is 1.38. The number of nitrogens with one attached hydrogen (secondary N) is 1. The molecule has 1 aromatic carbocycles. The minimum absolute atomic E-state index is 0. The molecule has 3 heteroatoms. The molecule has 0 atom stereocenters. The van der Waals surface area contributed by atoms with E-state index in [2.05, 4.69) is 4.98 Å². The van der Waals surface area contributed by atoms with Gasteiger partial charge in [-0.1, -0.05) is 17.7 Å². The Morgan fingerprint density at radius 3 is 2.33 bits per heavy atom. The van der Waals surface area contributed by atoms with E-state index in [1.54, 1.807) is 18.3 Å². The molecule has 0 fully saturated rings. The lowest BCUT2D eigenvalue weighted by molar-refractivity contribution is -0.365. The molecule has 0 amide bonds. The first-order valence-corrected chi connectivity index (χ1v) is 4.54. The first-order valence-electron chi connectivity index (χ1n) is 4.54. The zero-order valence-corrected chi connectivity index (χ0v) is 9.12. The minimum Gasteiger partial charge on any atom is -1.00 e. The van der Waals surface area contributed by atoms with Gasteiger partial charge in [-0.3, -0.25) is 0 Å². The van der Waals surface area contributed by atoms with E-state index in [9.17, 15) is 5.11 Å². The SMILES string of the molecule is Cc1ccc(-c2[nH+]cccc2O)cc1.[Cl-]. The van der Waals surface area contributed by atoms with E-state index in [1.165, 1.54) is 5.56 Å². The topological polar surface area (TPSA) is 34.4 Å². The Morgan fingerprint density at radius 2 is 1.73 bits per heavy atom. The Labute approximate surface area is 95.0 Å². The summed E-state index contributed by atoms with van der Waals surface area (Å²) in [6.45, 7) is 2.04. The van der Waals surface area contributed by atoms with E-state index in [0.717, 1.165) is 11.3 Å². The second-order valence-electron chi connectivity index (χ2n) is 3.30. The lowest BCUT2D eigenvalue weighted by Crippen LogP contribution is -3.00. The maximum Gasteiger partial charge on any atom is 0.252 e. The number of pyridine rings is 1. The fourth-order valence-electron chi connectivity index (χ4n) is 1.38. The molecule has 0 radical (unpaired) electrons. The van der Waals surface area contributed by atoms with Gasteiger partial charge in [-0.15, -0.1) is 0 Å². The number of aromatic amines is 1. The van der Waals surface area contributed by atoms with Gasteiger partial charge in [0.15, 0.2) is 11.9 Å². The monoisotopic (exact) mass is 221 g/mol. The Bertz CT molecular complexity index is 440. The quantitative estimate of drug-likeness (QED) is 0.672. The van der Waals surface area contributed by atoms with Gasteiger partial charge in [-0.05, 0) is 25.1 Å². The van der Waals surface area contributed by atoms with Crippen LogP contribution in [0.1, 0.15) is 5.56 Å². The van der Waals surface area contributed by atoms with Crippen LogP contribution in [0.2, 0.25) is 0 Å². The van der Waals surface area contributed by atoms with Gasteiger partial charge < -0.3 is 17.5 Å². The third kappa shape index (κ3) is 2.48. The van der Waals surface area contributed by atoms with E-state index in [4.69, 9.17) is 0 Å². The van der Waals surface area contributed by atoms with Crippen LogP contribution in [0, 0.1) is 6.92 Å². The lowest BCUT2D eigenvalue weighted by atomic mass is 10.1. The second-order valence-corrected chi connectivity index (χ2v) is 3.30. The number of halogens is 1. The van der Waals surface area contributed by atoms with Crippen LogP contribution in [0.25, 0.3) is 11.3 Å². The van der Waals surface area contributed by atoms with Crippen molar-refractivity contribution >= 4 is 0 Å². The molecule has 0 saturated carbocycles. The highest BCUT2D eigenvalue weighted by atomic mass is 35.5. The van der Waals surface area contributed by atoms with Crippen LogP contribution < -0.4 is 17.4 Å². The van der Waals surface area contributed by atoms with Crippen molar-refractivity contribution in [3.63, 3.8) is 0 Å². The van der Waals surface area contributed by atoms with Crippen molar-refractivity contribution < 1.29 is 22.5 Å². The highest BCUT2D eigenvalue weighted by molar-refractivity contribution is 5.62. The first-order chi connectivity index (χ1) is 6.77. The van der Waals surface area contributed by atoms with Crippen LogP contribution in [0.5, 0.6) is 5.75 Å². The molecule has 2 nitrogen and oxygen atoms in total. The van der Waals surface area contributed by atoms with Gasteiger partial charge in [0.2, 0.25) is 0 Å². The van der Waals surface area contributed by atoms with Crippen LogP contribution in [0.15, 0.2) is 42.6 Å². The van der Waals surface area contributed by atoms with Crippen molar-refractivity contribution in [3.8, 4) is 17.0 Å². The molecule has 2 aromatic rings. The summed E-state index contributed by atoms with van der Waals surface area (Å²) in [5.41, 5.74) is 2.96. The average Bonchev–Trinajstić information content (AvgIpc) is 2.20. The molecular formula is C12H12ClNO. The molecule has 15 heavy (non-hydrogen) atoms. The summed E-state index contributed by atoms with van der Waals surface area (Å²) in [6.07, 6.45) is 1.80. The Morgan fingerprint density at radius 1 is 1.07 bits per heavy atom. The molecule has 1 aromatic heterocycles. The predicted molar refractivity (Wildman–Crippen MR) is 54.8 cm³/mol. The van der Waals surface area contributed by atoms with Crippen LogP contribution >= 0.6 is 0 Å². The Hall–Kier alpha value is -1.54. The first kappa shape index (κ1) is 11.5. The molecule has 0 aliphatic heterocycles. The Kier molecular flexibility index (Phi) is 3.69. The fraction of sp³-hybridized carbons (Fsp3) is 0.0833. The molecule has 2 N–H and O–H groups in total. The summed E-state index contributed by atoms with van der Waals surface area (Å²) in [7, 11) is 0. The number of aromatic hydroxyl groups is 1. The number of aromatic nitrogens is 1. The molecule has 0 saturated heterocycles. The standard InChI is InChI=1S/C12H11NO.ClH/c1-9-4-6-10(7-5-9)12-11(14)3-2-8-13-12;/h2-8,14H,1H3;1H. The van der Waals surface area contributed by atoms with Crippen LogP contribution in [-0.4, -0.2) is 5.11 Å². The van der Waals surface area contributed by atoms with Crippen molar-refractivity contribution in [3.05, 3.63) is 48.2 Å². The van der Waals surface area contributed by atoms with Gasteiger partial charge in [0.1, 0.15) is 0 Å². The third-order valence-electron chi connectivity index (χ3n) is 2.17. The number of aryl methyl sites for hydroxylation is 1. The van der Waals surface area contributed by atoms with E-state index >= 15 is 0 Å². The van der Waals surface area contributed by atoms with Crippen molar-refractivity contribution in [2.45, 2.75) is 6.92 Å². The normalized spacial score (nSPS) is 9.40. The molecule has 1 heterocycles. The summed E-state index contributed by atoms with van der Waals surface area (Å²) in [4.78, 5) is 3.02. The lowest BCUT2D eigenvalue weighted by Gasteiger charge is -1.98. The number of H-pyrrole nitrogens is 1. The summed E-state index contributed by atoms with van der Waals surface area (Å²) < 4.78 is 0. The van der Waals surface area contributed by atoms with E-state index in [0.29, 0.717) is 0 Å². The average molecular weight is 222 g/mol. The molecule has 0 aliphatic rings. The van der Waals surface area contributed by atoms with Gasteiger partial charge in [0, 0.05) is 6.07 Å². The largest absolute Gasteiger partial charge is 1.00 e. The van der Waals surface area contributed by atoms with Gasteiger partial charge in [0.25, 0.3) is 5.69 Å². The van der Waals surface area contributed by atoms with Crippen molar-refractivity contribution in [1.29, 1.82) is 0 Å². The smallest absolute Gasteiger partial charge is 0.252 e.